The predicted octanol–water partition coefficient (Wildman–Crippen LogP) is -0.174. The first-order valence-corrected chi connectivity index (χ1v) is 4.82. The summed E-state index contributed by atoms with van der Waals surface area (Å²) in [5.41, 5.74) is 0.319. The minimum absolute atomic E-state index is 0.0208. The van der Waals surface area contributed by atoms with Gasteiger partial charge in [-0.1, -0.05) is 18.2 Å². The maximum absolute atomic E-state index is 10.9. The van der Waals surface area contributed by atoms with Crippen LogP contribution < -0.4 is 5.14 Å². The van der Waals surface area contributed by atoms with Crippen LogP contribution in [0.2, 0.25) is 0 Å². The highest BCUT2D eigenvalue weighted by atomic mass is 32.2. The number of aliphatic hydroxyl groups excluding tert-OH is 1. The molecule has 0 unspecified atom stereocenters. The summed E-state index contributed by atoms with van der Waals surface area (Å²) < 4.78 is 21.8. The molecular formula is C7H9NO3S. The Morgan fingerprint density at radius 2 is 1.92 bits per heavy atom. The van der Waals surface area contributed by atoms with Gasteiger partial charge >= 0.3 is 0 Å². The predicted molar refractivity (Wildman–Crippen MR) is 43.7 cm³/mol. The Labute approximate surface area is 70.7 Å². The fraction of sp³-hybridized carbons (Fsp3) is 0.143. The number of hydrogen-bond donors (Lipinski definition) is 2. The van der Waals surface area contributed by atoms with Gasteiger partial charge in [0.1, 0.15) is 0 Å². The molecule has 0 heterocycles. The molecule has 1 aromatic rings. The molecule has 0 aromatic heterocycles. The van der Waals surface area contributed by atoms with Crippen molar-refractivity contribution in [2.24, 2.45) is 5.14 Å². The highest BCUT2D eigenvalue weighted by Crippen LogP contribution is 2.12. The number of benzene rings is 1. The van der Waals surface area contributed by atoms with Crippen molar-refractivity contribution in [3.05, 3.63) is 29.8 Å². The number of nitrogens with two attached hydrogens (primary N) is 1. The summed E-state index contributed by atoms with van der Waals surface area (Å²) in [6.07, 6.45) is 0. The molecule has 0 saturated heterocycles. The zero-order valence-corrected chi connectivity index (χ0v) is 7.08. The average Bonchev–Trinajstić information content (AvgIpc) is 2.03. The molecule has 0 aliphatic rings. The van der Waals surface area contributed by atoms with Crippen LogP contribution in [0.1, 0.15) is 5.56 Å². The zero-order chi connectivity index (χ0) is 9.19. The SMILES string of the molecule is NS(=O)(=O)c1ccccc1CO. The topological polar surface area (TPSA) is 80.4 Å². The van der Waals surface area contributed by atoms with E-state index in [1.54, 1.807) is 12.1 Å². The van der Waals surface area contributed by atoms with Crippen molar-refractivity contribution in [3.63, 3.8) is 0 Å². The van der Waals surface area contributed by atoms with Gasteiger partial charge in [0.2, 0.25) is 10.0 Å². The van der Waals surface area contributed by atoms with Crippen molar-refractivity contribution in [3.8, 4) is 0 Å². The average molecular weight is 187 g/mol. The van der Waals surface area contributed by atoms with Gasteiger partial charge in [0.25, 0.3) is 0 Å². The molecule has 66 valence electrons. The molecular weight excluding hydrogens is 178 g/mol. The second-order valence-corrected chi connectivity index (χ2v) is 3.84. The highest BCUT2D eigenvalue weighted by molar-refractivity contribution is 7.89. The van der Waals surface area contributed by atoms with Crippen LogP contribution >= 0.6 is 0 Å². The third-order valence-corrected chi connectivity index (χ3v) is 2.46. The fourth-order valence-electron chi connectivity index (χ4n) is 0.912. The molecule has 1 aromatic carbocycles. The van der Waals surface area contributed by atoms with Gasteiger partial charge in [0.15, 0.2) is 0 Å². The first-order chi connectivity index (χ1) is 5.55. The first kappa shape index (κ1) is 9.18. The third-order valence-electron chi connectivity index (χ3n) is 1.45. The lowest BCUT2D eigenvalue weighted by Crippen LogP contribution is -2.14. The van der Waals surface area contributed by atoms with E-state index in [4.69, 9.17) is 10.2 Å². The minimum Gasteiger partial charge on any atom is -0.392 e. The van der Waals surface area contributed by atoms with Crippen LogP contribution in [0.3, 0.4) is 0 Å². The molecule has 0 fully saturated rings. The van der Waals surface area contributed by atoms with E-state index in [-0.39, 0.29) is 11.5 Å². The van der Waals surface area contributed by atoms with Crippen LogP contribution in [0.4, 0.5) is 0 Å². The van der Waals surface area contributed by atoms with Crippen molar-refractivity contribution in [1.29, 1.82) is 0 Å². The van der Waals surface area contributed by atoms with Crippen LogP contribution in [0.15, 0.2) is 29.2 Å². The zero-order valence-electron chi connectivity index (χ0n) is 6.27. The Balaban J connectivity index is 3.33. The lowest BCUT2D eigenvalue weighted by molar-refractivity contribution is 0.278. The van der Waals surface area contributed by atoms with E-state index >= 15 is 0 Å². The van der Waals surface area contributed by atoms with Gasteiger partial charge in [0.05, 0.1) is 11.5 Å². The van der Waals surface area contributed by atoms with Gasteiger partial charge in [-0.15, -0.1) is 0 Å². The monoisotopic (exact) mass is 187 g/mol. The summed E-state index contributed by atoms with van der Waals surface area (Å²) in [5, 5.41) is 13.7. The van der Waals surface area contributed by atoms with Gasteiger partial charge in [-0.2, -0.15) is 0 Å². The number of rotatable bonds is 2. The Hall–Kier alpha value is -0.910. The number of primary sulfonamides is 1. The summed E-state index contributed by atoms with van der Waals surface area (Å²) in [6, 6.07) is 6.07. The Bertz CT molecular complexity index is 372. The molecule has 12 heavy (non-hydrogen) atoms. The van der Waals surface area contributed by atoms with E-state index in [2.05, 4.69) is 0 Å². The summed E-state index contributed by atoms with van der Waals surface area (Å²) in [5.74, 6) is 0. The first-order valence-electron chi connectivity index (χ1n) is 3.27. The Morgan fingerprint density at radius 3 is 2.33 bits per heavy atom. The molecule has 0 spiro atoms. The molecule has 3 N–H and O–H groups in total. The minimum atomic E-state index is -3.71. The maximum atomic E-state index is 10.9. The maximum Gasteiger partial charge on any atom is 0.238 e. The molecule has 0 saturated carbocycles. The van der Waals surface area contributed by atoms with Gasteiger partial charge in [-0.25, -0.2) is 13.6 Å². The normalized spacial score (nSPS) is 11.5. The molecule has 0 amide bonds. The smallest absolute Gasteiger partial charge is 0.238 e. The Kier molecular flexibility index (Phi) is 2.46. The third kappa shape index (κ3) is 1.82. The van der Waals surface area contributed by atoms with Crippen molar-refractivity contribution < 1.29 is 13.5 Å². The van der Waals surface area contributed by atoms with Crippen molar-refractivity contribution >= 4 is 10.0 Å². The molecule has 0 radical (unpaired) electrons. The van der Waals surface area contributed by atoms with Gasteiger partial charge in [-0.05, 0) is 11.6 Å². The number of hydrogen-bond acceptors (Lipinski definition) is 3. The van der Waals surface area contributed by atoms with E-state index in [1.165, 1.54) is 12.1 Å². The van der Waals surface area contributed by atoms with E-state index in [1.807, 2.05) is 0 Å². The van der Waals surface area contributed by atoms with Crippen LogP contribution in [0.5, 0.6) is 0 Å². The number of sulfonamides is 1. The fourth-order valence-corrected chi connectivity index (χ4v) is 1.68. The summed E-state index contributed by atoms with van der Waals surface area (Å²) in [6.45, 7) is -0.327. The molecule has 0 aliphatic carbocycles. The van der Waals surface area contributed by atoms with E-state index < -0.39 is 10.0 Å². The molecule has 0 bridgehead atoms. The van der Waals surface area contributed by atoms with E-state index in [0.717, 1.165) is 0 Å². The number of aliphatic hydroxyl groups is 1. The largest absolute Gasteiger partial charge is 0.392 e. The van der Waals surface area contributed by atoms with E-state index in [9.17, 15) is 8.42 Å². The molecule has 1 rings (SSSR count). The second kappa shape index (κ2) is 3.22. The van der Waals surface area contributed by atoms with Crippen molar-refractivity contribution in [2.75, 3.05) is 0 Å². The van der Waals surface area contributed by atoms with E-state index in [0.29, 0.717) is 5.56 Å². The van der Waals surface area contributed by atoms with Crippen molar-refractivity contribution in [1.82, 2.24) is 0 Å². The van der Waals surface area contributed by atoms with Crippen molar-refractivity contribution in [2.45, 2.75) is 11.5 Å². The summed E-state index contributed by atoms with van der Waals surface area (Å²) in [7, 11) is -3.71. The van der Waals surface area contributed by atoms with Gasteiger partial charge in [-0.3, -0.25) is 0 Å². The van der Waals surface area contributed by atoms with Crippen LogP contribution in [0, 0.1) is 0 Å². The Morgan fingerprint density at radius 1 is 1.33 bits per heavy atom. The molecule has 0 aliphatic heterocycles. The molecule has 4 nitrogen and oxygen atoms in total. The summed E-state index contributed by atoms with van der Waals surface area (Å²) in [4.78, 5) is -0.0208. The second-order valence-electron chi connectivity index (χ2n) is 2.31. The molecule has 0 atom stereocenters. The van der Waals surface area contributed by atoms with Gasteiger partial charge in [0, 0.05) is 0 Å². The van der Waals surface area contributed by atoms with Gasteiger partial charge < -0.3 is 5.11 Å². The lowest BCUT2D eigenvalue weighted by atomic mass is 10.2. The quantitative estimate of drug-likeness (QED) is 0.674. The highest BCUT2D eigenvalue weighted by Gasteiger charge is 2.11. The molecule has 5 heteroatoms. The lowest BCUT2D eigenvalue weighted by Gasteiger charge is -2.02. The van der Waals surface area contributed by atoms with Crippen LogP contribution in [-0.4, -0.2) is 13.5 Å². The van der Waals surface area contributed by atoms with Crippen LogP contribution in [0.25, 0.3) is 0 Å². The standard InChI is InChI=1S/C7H9NO3S/c8-12(10,11)7-4-2-1-3-6(7)5-9/h1-4,9H,5H2,(H2,8,10,11). The summed E-state index contributed by atoms with van der Waals surface area (Å²) >= 11 is 0. The van der Waals surface area contributed by atoms with Crippen LogP contribution in [-0.2, 0) is 16.6 Å².